The fraction of sp³-hybridized carbons (Fsp3) is 0.407. The molecule has 0 spiro atoms. The van der Waals surface area contributed by atoms with E-state index in [2.05, 4.69) is 57.1 Å². The van der Waals surface area contributed by atoms with Gasteiger partial charge in [-0.2, -0.15) is 0 Å². The number of rotatable bonds is 5. The summed E-state index contributed by atoms with van der Waals surface area (Å²) in [6.07, 6.45) is 4.80. The van der Waals surface area contributed by atoms with Gasteiger partial charge in [-0.15, -0.1) is 0 Å². The molecule has 0 bridgehead atoms. The standard InChI is InChI=1S/C27H32N2O2/c1-18-14-22-23(27(4,5)12-11-26(22,2)3)16-19(18)15-21-9-10-24(31-21)25(30)29-17-20-8-6-7-13-28-20/h6-10,13-14,16H,11-12,15,17H2,1-5H3,(H,29,30). The minimum absolute atomic E-state index is 0.174. The number of aromatic nitrogens is 1. The molecule has 31 heavy (non-hydrogen) atoms. The third kappa shape index (κ3) is 4.43. The third-order valence-corrected chi connectivity index (χ3v) is 6.72. The molecule has 2 heterocycles. The second-order valence-electron chi connectivity index (χ2n) is 10.0. The van der Waals surface area contributed by atoms with E-state index in [9.17, 15) is 4.79 Å². The number of carbonyl (C=O) groups is 1. The van der Waals surface area contributed by atoms with Crippen LogP contribution in [0.4, 0.5) is 0 Å². The Bertz CT molecular complexity index is 1090. The first-order valence-electron chi connectivity index (χ1n) is 11.1. The van der Waals surface area contributed by atoms with Crippen molar-refractivity contribution in [2.75, 3.05) is 0 Å². The lowest BCUT2D eigenvalue weighted by Crippen LogP contribution is -2.34. The molecule has 0 unspecified atom stereocenters. The maximum absolute atomic E-state index is 12.5. The minimum Gasteiger partial charge on any atom is -0.456 e. The number of carbonyl (C=O) groups excluding carboxylic acids is 1. The van der Waals surface area contributed by atoms with Gasteiger partial charge in [-0.05, 0) is 77.1 Å². The highest BCUT2D eigenvalue weighted by Crippen LogP contribution is 2.46. The third-order valence-electron chi connectivity index (χ3n) is 6.72. The van der Waals surface area contributed by atoms with Crippen LogP contribution < -0.4 is 5.32 Å². The predicted molar refractivity (Wildman–Crippen MR) is 123 cm³/mol. The van der Waals surface area contributed by atoms with Crippen LogP contribution in [0.1, 0.15) is 84.8 Å². The van der Waals surface area contributed by atoms with Gasteiger partial charge in [-0.3, -0.25) is 9.78 Å². The second-order valence-corrected chi connectivity index (χ2v) is 10.0. The molecule has 0 atom stereocenters. The summed E-state index contributed by atoms with van der Waals surface area (Å²) in [5.74, 6) is 0.920. The van der Waals surface area contributed by atoms with Crippen molar-refractivity contribution in [1.82, 2.24) is 10.3 Å². The summed E-state index contributed by atoms with van der Waals surface area (Å²) in [4.78, 5) is 16.7. The highest BCUT2D eigenvalue weighted by atomic mass is 16.3. The zero-order valence-electron chi connectivity index (χ0n) is 19.2. The van der Waals surface area contributed by atoms with Gasteiger partial charge in [0.2, 0.25) is 0 Å². The highest BCUT2D eigenvalue weighted by molar-refractivity contribution is 5.91. The summed E-state index contributed by atoms with van der Waals surface area (Å²) >= 11 is 0. The lowest BCUT2D eigenvalue weighted by Gasteiger charge is -2.42. The monoisotopic (exact) mass is 416 g/mol. The number of pyridine rings is 1. The Balaban J connectivity index is 1.51. The van der Waals surface area contributed by atoms with E-state index in [-0.39, 0.29) is 16.7 Å². The molecule has 162 valence electrons. The Hall–Kier alpha value is -2.88. The van der Waals surface area contributed by atoms with Crippen molar-refractivity contribution in [2.24, 2.45) is 0 Å². The maximum atomic E-state index is 12.5. The second kappa shape index (κ2) is 7.99. The number of fused-ring (bicyclic) bond motifs is 1. The van der Waals surface area contributed by atoms with Crippen molar-refractivity contribution >= 4 is 5.91 Å². The average Bonchev–Trinajstić information content (AvgIpc) is 3.20. The van der Waals surface area contributed by atoms with Crippen molar-refractivity contribution in [3.8, 4) is 0 Å². The van der Waals surface area contributed by atoms with E-state index in [0.29, 0.717) is 18.7 Å². The van der Waals surface area contributed by atoms with Crippen LogP contribution in [0.3, 0.4) is 0 Å². The molecule has 1 aliphatic rings. The largest absolute Gasteiger partial charge is 0.456 e. The topological polar surface area (TPSA) is 55.1 Å². The van der Waals surface area contributed by atoms with Crippen molar-refractivity contribution in [1.29, 1.82) is 0 Å². The van der Waals surface area contributed by atoms with Crippen molar-refractivity contribution in [3.05, 3.63) is 88.1 Å². The zero-order valence-corrected chi connectivity index (χ0v) is 19.2. The maximum Gasteiger partial charge on any atom is 0.287 e. The average molecular weight is 417 g/mol. The molecule has 4 nitrogen and oxygen atoms in total. The first-order chi connectivity index (χ1) is 14.7. The number of benzene rings is 1. The van der Waals surface area contributed by atoms with Crippen LogP contribution in [0.2, 0.25) is 0 Å². The molecule has 0 saturated carbocycles. The number of hydrogen-bond acceptors (Lipinski definition) is 3. The summed E-state index contributed by atoms with van der Waals surface area (Å²) in [6, 6.07) is 14.0. The van der Waals surface area contributed by atoms with E-state index in [1.165, 1.54) is 35.1 Å². The van der Waals surface area contributed by atoms with E-state index in [1.54, 1.807) is 12.3 Å². The number of nitrogens with zero attached hydrogens (tertiary/aromatic N) is 1. The molecule has 0 fully saturated rings. The molecule has 0 aliphatic heterocycles. The number of nitrogens with one attached hydrogen (secondary N) is 1. The van der Waals surface area contributed by atoms with E-state index in [1.807, 2.05) is 24.3 Å². The molecule has 3 aromatic rings. The zero-order chi connectivity index (χ0) is 22.2. The lowest BCUT2D eigenvalue weighted by atomic mass is 9.62. The van der Waals surface area contributed by atoms with Crippen LogP contribution in [0, 0.1) is 6.92 Å². The number of amides is 1. The molecular weight excluding hydrogens is 384 g/mol. The van der Waals surface area contributed by atoms with Gasteiger partial charge in [0.25, 0.3) is 5.91 Å². The Morgan fingerprint density at radius 3 is 2.42 bits per heavy atom. The van der Waals surface area contributed by atoms with Crippen LogP contribution in [0.5, 0.6) is 0 Å². The van der Waals surface area contributed by atoms with Crippen LogP contribution in [-0.2, 0) is 23.8 Å². The molecule has 1 aliphatic carbocycles. The summed E-state index contributed by atoms with van der Waals surface area (Å²) in [6.45, 7) is 11.9. The van der Waals surface area contributed by atoms with Crippen LogP contribution in [-0.4, -0.2) is 10.9 Å². The molecule has 0 radical (unpaired) electrons. The fourth-order valence-corrected chi connectivity index (χ4v) is 4.50. The summed E-state index contributed by atoms with van der Waals surface area (Å²) in [5, 5.41) is 2.87. The minimum atomic E-state index is -0.220. The van der Waals surface area contributed by atoms with Crippen molar-refractivity contribution in [2.45, 2.75) is 71.3 Å². The molecule has 4 rings (SSSR count). The van der Waals surface area contributed by atoms with Crippen LogP contribution in [0.25, 0.3) is 0 Å². The van der Waals surface area contributed by atoms with Crippen molar-refractivity contribution in [3.63, 3.8) is 0 Å². The first-order valence-corrected chi connectivity index (χ1v) is 11.1. The van der Waals surface area contributed by atoms with E-state index >= 15 is 0 Å². The van der Waals surface area contributed by atoms with Crippen LogP contribution in [0.15, 0.2) is 53.1 Å². The molecule has 1 aromatic carbocycles. The van der Waals surface area contributed by atoms with E-state index in [0.717, 1.165) is 11.5 Å². The summed E-state index contributed by atoms with van der Waals surface area (Å²) in [7, 11) is 0. The Labute approximate surface area is 185 Å². The highest BCUT2D eigenvalue weighted by Gasteiger charge is 2.37. The lowest BCUT2D eigenvalue weighted by molar-refractivity contribution is 0.0921. The SMILES string of the molecule is Cc1cc2c(cc1Cc1ccc(C(=O)NCc3ccccn3)o1)C(C)(C)CCC2(C)C. The number of furan rings is 1. The Kier molecular flexibility index (Phi) is 5.50. The number of hydrogen-bond donors (Lipinski definition) is 1. The molecule has 1 N–H and O–H groups in total. The molecule has 4 heteroatoms. The molecule has 1 amide bonds. The van der Waals surface area contributed by atoms with Gasteiger partial charge < -0.3 is 9.73 Å². The van der Waals surface area contributed by atoms with Crippen LogP contribution >= 0.6 is 0 Å². The van der Waals surface area contributed by atoms with Gasteiger partial charge in [-0.25, -0.2) is 0 Å². The number of aryl methyl sites for hydroxylation is 1. The summed E-state index contributed by atoms with van der Waals surface area (Å²) in [5.41, 5.74) is 6.66. The Morgan fingerprint density at radius 2 is 1.74 bits per heavy atom. The first kappa shape index (κ1) is 21.4. The molecular formula is C27H32N2O2. The molecule has 2 aromatic heterocycles. The summed E-state index contributed by atoms with van der Waals surface area (Å²) < 4.78 is 5.90. The smallest absolute Gasteiger partial charge is 0.287 e. The van der Waals surface area contributed by atoms with Crippen molar-refractivity contribution < 1.29 is 9.21 Å². The quantitative estimate of drug-likeness (QED) is 0.567. The predicted octanol–water partition coefficient (Wildman–Crippen LogP) is 5.85. The van der Waals surface area contributed by atoms with E-state index < -0.39 is 0 Å². The van der Waals surface area contributed by atoms with Gasteiger partial charge in [0.1, 0.15) is 5.76 Å². The van der Waals surface area contributed by atoms with Gasteiger partial charge >= 0.3 is 0 Å². The Morgan fingerprint density at radius 1 is 1.03 bits per heavy atom. The van der Waals surface area contributed by atoms with Gasteiger partial charge in [-0.1, -0.05) is 45.9 Å². The van der Waals surface area contributed by atoms with Gasteiger partial charge in [0.05, 0.1) is 12.2 Å². The van der Waals surface area contributed by atoms with Gasteiger partial charge in [0.15, 0.2) is 5.76 Å². The molecule has 0 saturated heterocycles. The van der Waals surface area contributed by atoms with E-state index in [4.69, 9.17) is 4.42 Å². The fourth-order valence-electron chi connectivity index (χ4n) is 4.50. The normalized spacial score (nSPS) is 16.5. The van der Waals surface area contributed by atoms with Gasteiger partial charge in [0, 0.05) is 12.6 Å².